The molecule has 3 rings (SSSR count). The van der Waals surface area contributed by atoms with Crippen molar-refractivity contribution < 1.29 is 22.4 Å². The highest BCUT2D eigenvalue weighted by Crippen LogP contribution is 2.26. The Labute approximate surface area is 159 Å². The fourth-order valence-corrected chi connectivity index (χ4v) is 4.74. The van der Waals surface area contributed by atoms with Crippen molar-refractivity contribution in [1.29, 1.82) is 0 Å². The zero-order valence-corrected chi connectivity index (χ0v) is 16.2. The van der Waals surface area contributed by atoms with Gasteiger partial charge in [0.2, 0.25) is 15.9 Å². The third kappa shape index (κ3) is 4.33. The summed E-state index contributed by atoms with van der Waals surface area (Å²) in [5.74, 6) is 0.719. The summed E-state index contributed by atoms with van der Waals surface area (Å²) in [5.41, 5.74) is 0. The molecular weight excluding hydrogens is 368 g/mol. The van der Waals surface area contributed by atoms with E-state index in [9.17, 15) is 13.2 Å². The van der Waals surface area contributed by atoms with Crippen LogP contribution in [0.1, 0.15) is 31.6 Å². The quantitative estimate of drug-likeness (QED) is 0.816. The van der Waals surface area contributed by atoms with Crippen LogP contribution in [-0.2, 0) is 14.8 Å². The lowest BCUT2D eigenvalue weighted by molar-refractivity contribution is -0.126. The number of hydrogen-bond donors (Lipinski definition) is 1. The minimum Gasteiger partial charge on any atom is -0.497 e. The number of nitrogens with zero attached hydrogens (tertiary/aromatic N) is 1. The molecule has 1 fully saturated rings. The standard InChI is InChI=1S/C19H24N2O5S/c1-14(18-6-4-12-26-18)20-19(22)15-5-3-11-21(13-15)27(23,24)17-9-7-16(25-2)8-10-17/h4,6-10,12,14-15H,3,5,11,13H2,1-2H3,(H,20,22)/t14-,15-/m0/s1. The van der Waals surface area contributed by atoms with Gasteiger partial charge in [-0.15, -0.1) is 0 Å². The number of piperidine rings is 1. The fourth-order valence-electron chi connectivity index (χ4n) is 3.21. The van der Waals surface area contributed by atoms with Gasteiger partial charge in [0.05, 0.1) is 30.2 Å². The van der Waals surface area contributed by atoms with Gasteiger partial charge < -0.3 is 14.5 Å². The Hall–Kier alpha value is -2.32. The lowest BCUT2D eigenvalue weighted by Gasteiger charge is -2.31. The Balaban J connectivity index is 1.68. The number of carbonyl (C=O) groups excluding carboxylic acids is 1. The average molecular weight is 392 g/mol. The minimum atomic E-state index is -3.65. The molecule has 1 saturated heterocycles. The second kappa shape index (κ2) is 8.14. The number of carbonyl (C=O) groups is 1. The van der Waals surface area contributed by atoms with Crippen LogP contribution in [0.4, 0.5) is 0 Å². The molecule has 8 heteroatoms. The average Bonchev–Trinajstić information content (AvgIpc) is 3.23. The predicted octanol–water partition coefficient (Wildman–Crippen LogP) is 2.57. The lowest BCUT2D eigenvalue weighted by Crippen LogP contribution is -2.45. The van der Waals surface area contributed by atoms with E-state index in [0.29, 0.717) is 30.9 Å². The smallest absolute Gasteiger partial charge is 0.243 e. The summed E-state index contributed by atoms with van der Waals surface area (Å²) >= 11 is 0. The van der Waals surface area contributed by atoms with Gasteiger partial charge in [-0.05, 0) is 56.2 Å². The molecule has 0 bridgehead atoms. The molecule has 1 N–H and O–H groups in total. The summed E-state index contributed by atoms with van der Waals surface area (Å²) in [7, 11) is -2.12. The van der Waals surface area contributed by atoms with Crippen molar-refractivity contribution in [2.24, 2.45) is 5.92 Å². The maximum absolute atomic E-state index is 12.9. The second-order valence-corrected chi connectivity index (χ2v) is 8.56. The molecule has 0 aliphatic carbocycles. The van der Waals surface area contributed by atoms with Gasteiger partial charge in [-0.25, -0.2) is 8.42 Å². The SMILES string of the molecule is COc1ccc(S(=O)(=O)N2CCC[C@H](C(=O)N[C@@H](C)c3ccco3)C2)cc1. The van der Waals surface area contributed by atoms with Gasteiger partial charge in [-0.3, -0.25) is 4.79 Å². The maximum Gasteiger partial charge on any atom is 0.243 e. The molecule has 146 valence electrons. The van der Waals surface area contributed by atoms with Crippen molar-refractivity contribution in [2.45, 2.75) is 30.7 Å². The number of benzene rings is 1. The Morgan fingerprint density at radius 1 is 1.30 bits per heavy atom. The number of hydrogen-bond acceptors (Lipinski definition) is 5. The topological polar surface area (TPSA) is 88.9 Å². The molecule has 1 amide bonds. The molecule has 0 spiro atoms. The van der Waals surface area contributed by atoms with Crippen LogP contribution in [0.5, 0.6) is 5.75 Å². The highest BCUT2D eigenvalue weighted by molar-refractivity contribution is 7.89. The van der Waals surface area contributed by atoms with Gasteiger partial charge >= 0.3 is 0 Å². The number of amides is 1. The monoisotopic (exact) mass is 392 g/mol. The van der Waals surface area contributed by atoms with Gasteiger partial charge in [0.1, 0.15) is 11.5 Å². The normalized spacial score (nSPS) is 19.4. The molecule has 0 radical (unpaired) electrons. The summed E-state index contributed by atoms with van der Waals surface area (Å²) in [6.07, 6.45) is 2.86. The summed E-state index contributed by atoms with van der Waals surface area (Å²) < 4.78 is 37.6. The van der Waals surface area contributed by atoms with Crippen molar-refractivity contribution in [3.63, 3.8) is 0 Å². The number of methoxy groups -OCH3 is 1. The van der Waals surface area contributed by atoms with E-state index in [4.69, 9.17) is 9.15 Å². The van der Waals surface area contributed by atoms with Crippen LogP contribution in [0.15, 0.2) is 52.0 Å². The number of rotatable bonds is 6. The molecule has 2 atom stereocenters. The molecule has 0 saturated carbocycles. The van der Waals surface area contributed by atoms with E-state index >= 15 is 0 Å². The van der Waals surface area contributed by atoms with E-state index in [1.54, 1.807) is 30.5 Å². The lowest BCUT2D eigenvalue weighted by atomic mass is 9.98. The molecule has 1 aromatic heterocycles. The van der Waals surface area contributed by atoms with E-state index in [1.165, 1.54) is 23.5 Å². The van der Waals surface area contributed by atoms with Gasteiger partial charge in [-0.1, -0.05) is 0 Å². The van der Waals surface area contributed by atoms with Gasteiger partial charge in [0, 0.05) is 13.1 Å². The molecule has 2 aromatic rings. The van der Waals surface area contributed by atoms with Crippen LogP contribution < -0.4 is 10.1 Å². The summed E-state index contributed by atoms with van der Waals surface area (Å²) in [5, 5.41) is 2.91. The first kappa shape index (κ1) is 19.4. The summed E-state index contributed by atoms with van der Waals surface area (Å²) in [6, 6.07) is 9.58. The number of ether oxygens (including phenoxy) is 1. The molecular formula is C19H24N2O5S. The highest BCUT2D eigenvalue weighted by Gasteiger charge is 2.33. The molecule has 7 nitrogen and oxygen atoms in total. The Kier molecular flexibility index (Phi) is 5.86. The first-order valence-corrected chi connectivity index (χ1v) is 10.3. The Morgan fingerprint density at radius 3 is 2.67 bits per heavy atom. The van der Waals surface area contributed by atoms with Crippen LogP contribution in [0.2, 0.25) is 0 Å². The van der Waals surface area contributed by atoms with Crippen LogP contribution in [-0.4, -0.2) is 38.8 Å². The van der Waals surface area contributed by atoms with Gasteiger partial charge in [-0.2, -0.15) is 4.31 Å². The first-order valence-electron chi connectivity index (χ1n) is 8.90. The first-order chi connectivity index (χ1) is 12.9. The summed E-state index contributed by atoms with van der Waals surface area (Å²) in [6.45, 7) is 2.42. The predicted molar refractivity (Wildman–Crippen MR) is 99.7 cm³/mol. The Bertz CT molecular complexity index is 862. The third-order valence-electron chi connectivity index (χ3n) is 4.78. The third-order valence-corrected chi connectivity index (χ3v) is 6.66. The van der Waals surface area contributed by atoms with E-state index in [-0.39, 0.29) is 29.3 Å². The second-order valence-electron chi connectivity index (χ2n) is 6.62. The minimum absolute atomic E-state index is 0.159. The van der Waals surface area contributed by atoms with E-state index < -0.39 is 10.0 Å². The molecule has 1 aliphatic rings. The molecule has 1 aliphatic heterocycles. The maximum atomic E-state index is 12.9. The van der Waals surface area contributed by atoms with E-state index in [0.717, 1.165) is 0 Å². The molecule has 2 heterocycles. The van der Waals surface area contributed by atoms with Gasteiger partial charge in [0.25, 0.3) is 0 Å². The molecule has 27 heavy (non-hydrogen) atoms. The van der Waals surface area contributed by atoms with E-state index in [2.05, 4.69) is 5.32 Å². The fraction of sp³-hybridized carbons (Fsp3) is 0.421. The van der Waals surface area contributed by atoms with Crippen molar-refractivity contribution in [1.82, 2.24) is 9.62 Å². The zero-order valence-electron chi connectivity index (χ0n) is 15.4. The highest BCUT2D eigenvalue weighted by atomic mass is 32.2. The van der Waals surface area contributed by atoms with Crippen molar-refractivity contribution in [3.05, 3.63) is 48.4 Å². The summed E-state index contributed by atoms with van der Waals surface area (Å²) in [4.78, 5) is 12.8. The zero-order chi connectivity index (χ0) is 19.4. The van der Waals surface area contributed by atoms with E-state index in [1.807, 2.05) is 6.92 Å². The number of furan rings is 1. The van der Waals surface area contributed by atoms with Crippen LogP contribution in [0.3, 0.4) is 0 Å². The van der Waals surface area contributed by atoms with Gasteiger partial charge in [0.15, 0.2) is 0 Å². The van der Waals surface area contributed by atoms with Crippen LogP contribution >= 0.6 is 0 Å². The largest absolute Gasteiger partial charge is 0.497 e. The van der Waals surface area contributed by atoms with Crippen molar-refractivity contribution in [3.8, 4) is 5.75 Å². The number of nitrogens with one attached hydrogen (secondary N) is 1. The number of sulfonamides is 1. The van der Waals surface area contributed by atoms with Crippen LogP contribution in [0, 0.1) is 5.92 Å². The van der Waals surface area contributed by atoms with Crippen molar-refractivity contribution >= 4 is 15.9 Å². The molecule has 0 unspecified atom stereocenters. The molecule has 1 aromatic carbocycles. The van der Waals surface area contributed by atoms with Crippen LogP contribution in [0.25, 0.3) is 0 Å². The van der Waals surface area contributed by atoms with Crippen molar-refractivity contribution in [2.75, 3.05) is 20.2 Å². The Morgan fingerprint density at radius 2 is 2.04 bits per heavy atom.